The lowest BCUT2D eigenvalue weighted by Gasteiger charge is -2.23. The van der Waals surface area contributed by atoms with Crippen LogP contribution in [0.5, 0.6) is 5.75 Å². The molecule has 0 radical (unpaired) electrons. The van der Waals surface area contributed by atoms with Crippen LogP contribution in [0.1, 0.15) is 48.6 Å². The van der Waals surface area contributed by atoms with E-state index >= 15 is 0 Å². The molecule has 0 amide bonds. The molecular formula is C18H21NO. The third kappa shape index (κ3) is 2.70. The van der Waals surface area contributed by atoms with E-state index in [-0.39, 0.29) is 12.1 Å². The summed E-state index contributed by atoms with van der Waals surface area (Å²) in [6, 6.07) is 16.8. The van der Waals surface area contributed by atoms with Crippen LogP contribution in [0.2, 0.25) is 0 Å². The molecule has 2 atom stereocenters. The van der Waals surface area contributed by atoms with Crippen molar-refractivity contribution in [3.05, 3.63) is 65.2 Å². The molecule has 2 unspecified atom stereocenters. The largest absolute Gasteiger partial charge is 0.486 e. The van der Waals surface area contributed by atoms with Crippen molar-refractivity contribution in [1.29, 1.82) is 0 Å². The Morgan fingerprint density at radius 2 is 1.95 bits per heavy atom. The molecule has 0 saturated carbocycles. The number of hydrogen-bond acceptors (Lipinski definition) is 2. The quantitative estimate of drug-likeness (QED) is 0.906. The second-order valence-corrected chi connectivity index (χ2v) is 5.53. The molecule has 1 aliphatic carbocycles. The van der Waals surface area contributed by atoms with Crippen LogP contribution in [-0.2, 0) is 6.42 Å². The minimum absolute atomic E-state index is 0.0616. The van der Waals surface area contributed by atoms with Gasteiger partial charge < -0.3 is 10.5 Å². The molecule has 3 rings (SSSR count). The molecule has 104 valence electrons. The number of fused-ring (bicyclic) bond motifs is 1. The second-order valence-electron chi connectivity index (χ2n) is 5.53. The van der Waals surface area contributed by atoms with Gasteiger partial charge in [-0.3, -0.25) is 0 Å². The minimum Gasteiger partial charge on any atom is -0.486 e. The van der Waals surface area contributed by atoms with E-state index in [9.17, 15) is 0 Å². The highest BCUT2D eigenvalue weighted by Crippen LogP contribution is 2.32. The predicted molar refractivity (Wildman–Crippen MR) is 81.8 cm³/mol. The summed E-state index contributed by atoms with van der Waals surface area (Å²) >= 11 is 0. The van der Waals surface area contributed by atoms with Crippen LogP contribution >= 0.6 is 0 Å². The Labute approximate surface area is 120 Å². The van der Waals surface area contributed by atoms with Crippen LogP contribution < -0.4 is 10.5 Å². The van der Waals surface area contributed by atoms with E-state index in [0.29, 0.717) is 0 Å². The van der Waals surface area contributed by atoms with Crippen LogP contribution in [0.3, 0.4) is 0 Å². The van der Waals surface area contributed by atoms with Gasteiger partial charge in [-0.2, -0.15) is 0 Å². The number of aryl methyl sites for hydroxylation is 1. The topological polar surface area (TPSA) is 35.2 Å². The summed E-state index contributed by atoms with van der Waals surface area (Å²) in [6.45, 7) is 2.08. The summed E-state index contributed by atoms with van der Waals surface area (Å²) in [5.74, 6) is 0.939. The zero-order valence-corrected chi connectivity index (χ0v) is 11.9. The number of hydrogen-bond donors (Lipinski definition) is 1. The molecule has 0 heterocycles. The average molecular weight is 267 g/mol. The molecule has 0 aromatic heterocycles. The van der Waals surface area contributed by atoms with Gasteiger partial charge in [0.05, 0.1) is 0 Å². The van der Waals surface area contributed by atoms with E-state index < -0.39 is 0 Å². The van der Waals surface area contributed by atoms with Crippen molar-refractivity contribution in [2.45, 2.75) is 38.3 Å². The van der Waals surface area contributed by atoms with Gasteiger partial charge in [-0.25, -0.2) is 0 Å². The highest BCUT2D eigenvalue weighted by Gasteiger charge is 2.17. The van der Waals surface area contributed by atoms with Gasteiger partial charge in [0.1, 0.15) is 11.9 Å². The molecule has 2 aromatic rings. The van der Waals surface area contributed by atoms with Crippen molar-refractivity contribution < 1.29 is 4.74 Å². The highest BCUT2D eigenvalue weighted by molar-refractivity contribution is 5.39. The maximum atomic E-state index is 6.15. The molecule has 0 spiro atoms. The van der Waals surface area contributed by atoms with Crippen molar-refractivity contribution in [2.75, 3.05) is 0 Å². The average Bonchev–Trinajstić information content (AvgIpc) is 2.48. The summed E-state index contributed by atoms with van der Waals surface area (Å²) < 4.78 is 6.06. The van der Waals surface area contributed by atoms with E-state index in [1.54, 1.807) is 0 Å². The van der Waals surface area contributed by atoms with Crippen molar-refractivity contribution in [3.63, 3.8) is 0 Å². The third-order valence-electron chi connectivity index (χ3n) is 4.06. The first kappa shape index (κ1) is 13.2. The Bertz CT molecular complexity index is 579. The summed E-state index contributed by atoms with van der Waals surface area (Å²) in [5, 5.41) is 0. The smallest absolute Gasteiger partial charge is 0.121 e. The van der Waals surface area contributed by atoms with Gasteiger partial charge in [-0.1, -0.05) is 36.4 Å². The van der Waals surface area contributed by atoms with Gasteiger partial charge in [0.15, 0.2) is 0 Å². The molecular weight excluding hydrogens is 246 g/mol. The van der Waals surface area contributed by atoms with E-state index in [1.165, 1.54) is 23.1 Å². The zero-order valence-electron chi connectivity index (χ0n) is 11.9. The van der Waals surface area contributed by atoms with E-state index in [0.717, 1.165) is 18.6 Å². The number of benzene rings is 2. The maximum absolute atomic E-state index is 6.15. The standard InChI is InChI=1S/C18H21NO/c1-13(14-6-3-2-4-7-14)20-16-10-11-17-15(12-16)8-5-9-18(17)19/h2-4,6-7,10-13,18H,5,8-9,19H2,1H3. The summed E-state index contributed by atoms with van der Waals surface area (Å²) in [4.78, 5) is 0. The van der Waals surface area contributed by atoms with E-state index in [1.807, 2.05) is 24.3 Å². The molecule has 0 bridgehead atoms. The third-order valence-corrected chi connectivity index (χ3v) is 4.06. The normalized spacial score (nSPS) is 19.2. The summed E-state index contributed by atoms with van der Waals surface area (Å²) in [5.41, 5.74) is 9.98. The minimum atomic E-state index is 0.0616. The fourth-order valence-electron chi connectivity index (χ4n) is 2.90. The van der Waals surface area contributed by atoms with Crippen molar-refractivity contribution in [3.8, 4) is 5.75 Å². The molecule has 2 nitrogen and oxygen atoms in total. The Balaban J connectivity index is 1.78. The van der Waals surface area contributed by atoms with Gasteiger partial charge in [0.2, 0.25) is 0 Å². The maximum Gasteiger partial charge on any atom is 0.121 e. The summed E-state index contributed by atoms with van der Waals surface area (Å²) in [6.07, 6.45) is 3.44. The highest BCUT2D eigenvalue weighted by atomic mass is 16.5. The van der Waals surface area contributed by atoms with E-state index in [2.05, 4.69) is 31.2 Å². The first-order chi connectivity index (χ1) is 9.74. The molecule has 20 heavy (non-hydrogen) atoms. The van der Waals surface area contributed by atoms with Crippen LogP contribution in [0.15, 0.2) is 48.5 Å². The molecule has 2 N–H and O–H groups in total. The number of nitrogens with two attached hydrogens (primary N) is 1. The number of ether oxygens (including phenoxy) is 1. The Morgan fingerprint density at radius 3 is 2.75 bits per heavy atom. The first-order valence-corrected chi connectivity index (χ1v) is 7.34. The molecule has 2 heteroatoms. The lowest BCUT2D eigenvalue weighted by atomic mass is 9.88. The van der Waals surface area contributed by atoms with Gasteiger partial charge in [-0.05, 0) is 55.0 Å². The zero-order chi connectivity index (χ0) is 13.9. The lowest BCUT2D eigenvalue weighted by molar-refractivity contribution is 0.226. The monoisotopic (exact) mass is 267 g/mol. The SMILES string of the molecule is CC(Oc1ccc2c(c1)CCCC2N)c1ccccc1. The van der Waals surface area contributed by atoms with E-state index in [4.69, 9.17) is 10.5 Å². The lowest BCUT2D eigenvalue weighted by Crippen LogP contribution is -2.17. The van der Waals surface area contributed by atoms with Gasteiger partial charge in [0.25, 0.3) is 0 Å². The van der Waals surface area contributed by atoms with Gasteiger partial charge in [0, 0.05) is 6.04 Å². The first-order valence-electron chi connectivity index (χ1n) is 7.34. The number of rotatable bonds is 3. The van der Waals surface area contributed by atoms with Crippen LogP contribution in [0.25, 0.3) is 0 Å². The van der Waals surface area contributed by atoms with Crippen LogP contribution in [0.4, 0.5) is 0 Å². The second kappa shape index (κ2) is 5.68. The molecule has 1 aliphatic rings. The Kier molecular flexibility index (Phi) is 3.75. The Morgan fingerprint density at radius 1 is 1.15 bits per heavy atom. The van der Waals surface area contributed by atoms with Gasteiger partial charge in [-0.15, -0.1) is 0 Å². The van der Waals surface area contributed by atoms with Crippen molar-refractivity contribution >= 4 is 0 Å². The van der Waals surface area contributed by atoms with Crippen molar-refractivity contribution in [1.82, 2.24) is 0 Å². The fourth-order valence-corrected chi connectivity index (χ4v) is 2.90. The van der Waals surface area contributed by atoms with Crippen LogP contribution in [-0.4, -0.2) is 0 Å². The summed E-state index contributed by atoms with van der Waals surface area (Å²) in [7, 11) is 0. The molecule has 2 aromatic carbocycles. The fraction of sp³-hybridized carbons (Fsp3) is 0.333. The van der Waals surface area contributed by atoms with Crippen LogP contribution in [0, 0.1) is 0 Å². The molecule has 0 aliphatic heterocycles. The van der Waals surface area contributed by atoms with Gasteiger partial charge >= 0.3 is 0 Å². The van der Waals surface area contributed by atoms with Crippen molar-refractivity contribution in [2.24, 2.45) is 5.73 Å². The molecule has 0 saturated heterocycles. The predicted octanol–water partition coefficient (Wildman–Crippen LogP) is 4.16. The molecule has 0 fully saturated rings. The Hall–Kier alpha value is -1.80.